The molecule has 3 aromatic rings. The van der Waals surface area contributed by atoms with E-state index in [4.69, 9.17) is 4.74 Å². The lowest BCUT2D eigenvalue weighted by Gasteiger charge is -2.25. The quantitative estimate of drug-likeness (QED) is 0.791. The molecule has 0 aliphatic carbocycles. The van der Waals surface area contributed by atoms with Gasteiger partial charge in [0, 0.05) is 33.8 Å². The van der Waals surface area contributed by atoms with Gasteiger partial charge in [-0.05, 0) is 19.1 Å². The highest BCUT2D eigenvalue weighted by atomic mass is 32.1. The summed E-state index contributed by atoms with van der Waals surface area (Å²) in [5.74, 6) is 0.736. The molecule has 4 heterocycles. The van der Waals surface area contributed by atoms with Crippen LogP contribution in [0.15, 0.2) is 22.3 Å². The molecule has 0 unspecified atom stereocenters. The molecule has 0 radical (unpaired) electrons. The van der Waals surface area contributed by atoms with E-state index in [1.165, 1.54) is 4.88 Å². The van der Waals surface area contributed by atoms with Gasteiger partial charge < -0.3 is 9.72 Å². The van der Waals surface area contributed by atoms with Gasteiger partial charge in [0.05, 0.1) is 25.1 Å². The third-order valence-corrected chi connectivity index (χ3v) is 5.88. The molecule has 1 aliphatic heterocycles. The minimum atomic E-state index is -0.0411. The smallest absolute Gasteiger partial charge is 0.260 e. The molecule has 0 aromatic carbocycles. The molecular formula is C16H17N3O2S2. The Labute approximate surface area is 141 Å². The van der Waals surface area contributed by atoms with Gasteiger partial charge in [0.15, 0.2) is 0 Å². The first kappa shape index (κ1) is 15.0. The Bertz CT molecular complexity index is 890. The van der Waals surface area contributed by atoms with Gasteiger partial charge in [0.25, 0.3) is 5.56 Å². The summed E-state index contributed by atoms with van der Waals surface area (Å²) in [4.78, 5) is 25.6. The Morgan fingerprint density at radius 3 is 2.91 bits per heavy atom. The van der Waals surface area contributed by atoms with E-state index in [2.05, 4.69) is 33.9 Å². The summed E-state index contributed by atoms with van der Waals surface area (Å²) in [5, 5.41) is 2.75. The number of nitrogens with one attached hydrogen (secondary N) is 1. The second-order valence-electron chi connectivity index (χ2n) is 5.64. The first-order valence-corrected chi connectivity index (χ1v) is 9.27. The van der Waals surface area contributed by atoms with Crippen LogP contribution in [0.25, 0.3) is 20.7 Å². The van der Waals surface area contributed by atoms with Crippen molar-refractivity contribution in [2.75, 3.05) is 26.3 Å². The maximum absolute atomic E-state index is 12.6. The fraction of sp³-hybridized carbons (Fsp3) is 0.375. The lowest BCUT2D eigenvalue weighted by Crippen LogP contribution is -2.36. The van der Waals surface area contributed by atoms with Crippen molar-refractivity contribution in [3.05, 3.63) is 38.6 Å². The number of hydrogen-bond donors (Lipinski definition) is 1. The molecule has 0 amide bonds. The summed E-state index contributed by atoms with van der Waals surface area (Å²) in [6.07, 6.45) is 0. The maximum Gasteiger partial charge on any atom is 0.260 e. The summed E-state index contributed by atoms with van der Waals surface area (Å²) in [5.41, 5.74) is 0.954. The van der Waals surface area contributed by atoms with Gasteiger partial charge in [0.1, 0.15) is 10.7 Å². The van der Waals surface area contributed by atoms with Gasteiger partial charge in [-0.25, -0.2) is 4.98 Å². The summed E-state index contributed by atoms with van der Waals surface area (Å²) >= 11 is 3.25. The van der Waals surface area contributed by atoms with Gasteiger partial charge in [-0.1, -0.05) is 0 Å². The zero-order chi connectivity index (χ0) is 15.8. The normalized spacial score (nSPS) is 16.2. The third-order valence-electron chi connectivity index (χ3n) is 3.98. The molecule has 1 saturated heterocycles. The summed E-state index contributed by atoms with van der Waals surface area (Å²) in [6, 6.07) is 4.15. The molecule has 5 nitrogen and oxygen atoms in total. The van der Waals surface area contributed by atoms with Crippen molar-refractivity contribution in [1.82, 2.24) is 14.9 Å². The van der Waals surface area contributed by atoms with Gasteiger partial charge in [0.2, 0.25) is 0 Å². The Kier molecular flexibility index (Phi) is 4.02. The van der Waals surface area contributed by atoms with Gasteiger partial charge in [-0.3, -0.25) is 9.69 Å². The molecule has 1 fully saturated rings. The number of nitrogens with zero attached hydrogens (tertiary/aromatic N) is 2. The van der Waals surface area contributed by atoms with Crippen molar-refractivity contribution in [2.45, 2.75) is 13.5 Å². The number of fused-ring (bicyclic) bond motifs is 1. The molecule has 0 atom stereocenters. The number of rotatable bonds is 3. The molecule has 4 rings (SSSR count). The highest BCUT2D eigenvalue weighted by Gasteiger charge is 2.16. The Morgan fingerprint density at radius 2 is 2.17 bits per heavy atom. The minimum absolute atomic E-state index is 0.0411. The van der Waals surface area contributed by atoms with Crippen LogP contribution < -0.4 is 5.56 Å². The van der Waals surface area contributed by atoms with E-state index in [-0.39, 0.29) is 5.56 Å². The summed E-state index contributed by atoms with van der Waals surface area (Å²) < 4.78 is 5.35. The second-order valence-corrected chi connectivity index (χ2v) is 7.79. The number of morpholine rings is 1. The first-order valence-electron chi connectivity index (χ1n) is 7.58. The molecule has 7 heteroatoms. The lowest BCUT2D eigenvalue weighted by atomic mass is 10.2. The lowest BCUT2D eigenvalue weighted by molar-refractivity contribution is 0.0331. The standard InChI is InChI=1S/C16H17N3O2S2/c1-10-2-3-12(23-10)11-9-22-16-14(11)15(20)17-13(18-16)8-19-4-6-21-7-5-19/h2-3,9H,4-8H2,1H3,(H,17,18,20). The molecule has 0 spiro atoms. The molecule has 3 aromatic heterocycles. The van der Waals surface area contributed by atoms with E-state index >= 15 is 0 Å². The largest absolute Gasteiger partial charge is 0.379 e. The van der Waals surface area contributed by atoms with Crippen LogP contribution in [0.1, 0.15) is 10.7 Å². The number of thiophene rings is 2. The first-order chi connectivity index (χ1) is 11.2. The zero-order valence-corrected chi connectivity index (χ0v) is 14.4. The SMILES string of the molecule is Cc1ccc(-c2csc3nc(CN4CCOCC4)[nH]c(=O)c23)s1. The van der Waals surface area contributed by atoms with Crippen LogP contribution in [0.2, 0.25) is 0 Å². The minimum Gasteiger partial charge on any atom is -0.379 e. The van der Waals surface area contributed by atoms with Crippen LogP contribution in [-0.2, 0) is 11.3 Å². The van der Waals surface area contributed by atoms with Crippen molar-refractivity contribution in [3.63, 3.8) is 0 Å². The van der Waals surface area contributed by atoms with Crippen LogP contribution in [0.4, 0.5) is 0 Å². The van der Waals surface area contributed by atoms with Crippen LogP contribution >= 0.6 is 22.7 Å². The highest BCUT2D eigenvalue weighted by molar-refractivity contribution is 7.19. The number of H-pyrrole nitrogens is 1. The van der Waals surface area contributed by atoms with E-state index < -0.39 is 0 Å². The Hall–Kier alpha value is -1.54. The highest BCUT2D eigenvalue weighted by Crippen LogP contribution is 2.34. The monoisotopic (exact) mass is 347 g/mol. The van der Waals surface area contributed by atoms with Crippen molar-refractivity contribution >= 4 is 32.9 Å². The van der Waals surface area contributed by atoms with Crippen molar-refractivity contribution in [1.29, 1.82) is 0 Å². The maximum atomic E-state index is 12.6. The fourth-order valence-electron chi connectivity index (χ4n) is 2.80. The van der Waals surface area contributed by atoms with E-state index in [9.17, 15) is 4.79 Å². The number of hydrogen-bond acceptors (Lipinski definition) is 6. The van der Waals surface area contributed by atoms with Gasteiger partial charge in [-0.2, -0.15) is 0 Å². The number of aryl methyl sites for hydroxylation is 1. The van der Waals surface area contributed by atoms with Crippen LogP contribution in [0.5, 0.6) is 0 Å². The molecule has 0 bridgehead atoms. The third kappa shape index (κ3) is 2.97. The molecule has 1 aliphatic rings. The molecule has 120 valence electrons. The molecule has 1 N–H and O–H groups in total. The van der Waals surface area contributed by atoms with E-state index in [0.29, 0.717) is 11.9 Å². The van der Waals surface area contributed by atoms with Gasteiger partial charge >= 0.3 is 0 Å². The number of ether oxygens (including phenoxy) is 1. The number of aromatic nitrogens is 2. The topological polar surface area (TPSA) is 58.2 Å². The predicted octanol–water partition coefficient (Wildman–Crippen LogP) is 2.85. The average Bonchev–Trinajstić information content (AvgIpc) is 3.14. The van der Waals surface area contributed by atoms with Crippen molar-refractivity contribution < 1.29 is 4.74 Å². The predicted molar refractivity (Wildman–Crippen MR) is 94.4 cm³/mol. The average molecular weight is 347 g/mol. The Morgan fingerprint density at radius 1 is 1.35 bits per heavy atom. The fourth-order valence-corrected chi connectivity index (χ4v) is 4.72. The van der Waals surface area contributed by atoms with Crippen LogP contribution in [-0.4, -0.2) is 41.2 Å². The second kappa shape index (κ2) is 6.16. The summed E-state index contributed by atoms with van der Waals surface area (Å²) in [7, 11) is 0. The van der Waals surface area contributed by atoms with Crippen LogP contribution in [0, 0.1) is 6.92 Å². The van der Waals surface area contributed by atoms with E-state index in [1.807, 2.05) is 5.38 Å². The molecular weight excluding hydrogens is 330 g/mol. The zero-order valence-electron chi connectivity index (χ0n) is 12.8. The van der Waals surface area contributed by atoms with E-state index in [1.54, 1.807) is 22.7 Å². The number of aromatic amines is 1. The van der Waals surface area contributed by atoms with Gasteiger partial charge in [-0.15, -0.1) is 22.7 Å². The van der Waals surface area contributed by atoms with Crippen molar-refractivity contribution in [2.24, 2.45) is 0 Å². The molecule has 23 heavy (non-hydrogen) atoms. The van der Waals surface area contributed by atoms with Crippen molar-refractivity contribution in [3.8, 4) is 10.4 Å². The van der Waals surface area contributed by atoms with Crippen LogP contribution in [0.3, 0.4) is 0 Å². The molecule has 0 saturated carbocycles. The van der Waals surface area contributed by atoms with E-state index in [0.717, 1.165) is 47.4 Å². The summed E-state index contributed by atoms with van der Waals surface area (Å²) in [6.45, 7) is 5.99. The Balaban J connectivity index is 1.70.